The molecule has 6 rings (SSSR count). The number of anilines is 1. The maximum absolute atomic E-state index is 13.0. The lowest BCUT2D eigenvalue weighted by Gasteiger charge is -2.30. The number of likely N-dealkylation sites (tertiary alicyclic amines) is 1. The lowest BCUT2D eigenvalue weighted by atomic mass is 9.86. The molecule has 0 spiro atoms. The van der Waals surface area contributed by atoms with Gasteiger partial charge in [-0.3, -0.25) is 9.78 Å². The highest BCUT2D eigenvalue weighted by Crippen LogP contribution is 2.38. The fourth-order valence-electron chi connectivity index (χ4n) is 5.75. The van der Waals surface area contributed by atoms with Gasteiger partial charge in [0.2, 0.25) is 0 Å². The third-order valence-electron chi connectivity index (χ3n) is 7.62. The van der Waals surface area contributed by atoms with E-state index in [1.54, 1.807) is 0 Å². The molecule has 1 aliphatic heterocycles. The van der Waals surface area contributed by atoms with E-state index >= 15 is 0 Å². The predicted octanol–water partition coefficient (Wildman–Crippen LogP) is 7.03. The Hall–Kier alpha value is -3.47. The summed E-state index contributed by atoms with van der Waals surface area (Å²) < 4.78 is 0. The number of hydrogen-bond donors (Lipinski definition) is 1. The Morgan fingerprint density at radius 2 is 1.65 bits per heavy atom. The van der Waals surface area contributed by atoms with E-state index < -0.39 is 0 Å². The number of rotatable bonds is 5. The summed E-state index contributed by atoms with van der Waals surface area (Å²) in [5.74, 6) is 0.216. The van der Waals surface area contributed by atoms with Crippen LogP contribution in [0, 0.1) is 0 Å². The fourth-order valence-corrected chi connectivity index (χ4v) is 5.92. The lowest BCUT2D eigenvalue weighted by molar-refractivity contribution is 0.0993. The highest BCUT2D eigenvalue weighted by Gasteiger charge is 2.26. The molecule has 0 unspecified atom stereocenters. The number of pyridine rings is 1. The van der Waals surface area contributed by atoms with Gasteiger partial charge in [-0.2, -0.15) is 0 Å². The second-order valence-electron chi connectivity index (χ2n) is 9.92. The molecule has 0 amide bonds. The van der Waals surface area contributed by atoms with E-state index in [1.807, 2.05) is 48.7 Å². The number of piperidine rings is 1. The van der Waals surface area contributed by atoms with Gasteiger partial charge in [0.05, 0.1) is 5.52 Å². The zero-order valence-electron chi connectivity index (χ0n) is 20.8. The highest BCUT2D eigenvalue weighted by molar-refractivity contribution is 6.31. The molecular formula is C32H30ClN3O. The first-order chi connectivity index (χ1) is 18.2. The second-order valence-corrected chi connectivity index (χ2v) is 10.4. The number of nitrogens with one attached hydrogen (secondary N) is 1. The predicted molar refractivity (Wildman–Crippen MR) is 152 cm³/mol. The number of aromatic nitrogens is 1. The number of Topliss-reactive ketones (excluding diaryl/α,β-unsaturated/α-hetero) is 1. The monoisotopic (exact) mass is 507 g/mol. The molecule has 37 heavy (non-hydrogen) atoms. The van der Waals surface area contributed by atoms with Gasteiger partial charge in [0.15, 0.2) is 5.78 Å². The molecule has 1 N–H and O–H groups in total. The third-order valence-corrected chi connectivity index (χ3v) is 7.85. The van der Waals surface area contributed by atoms with Crippen LogP contribution in [-0.4, -0.2) is 41.8 Å². The Balaban J connectivity index is 1.13. The summed E-state index contributed by atoms with van der Waals surface area (Å²) in [5, 5.41) is 5.40. The van der Waals surface area contributed by atoms with Crippen molar-refractivity contribution in [3.8, 4) is 0 Å². The molecule has 0 radical (unpaired) electrons. The number of carbonyl (C=O) groups excluding carboxylic acids is 1. The summed E-state index contributed by atoms with van der Waals surface area (Å²) in [5.41, 5.74) is 9.14. The average Bonchev–Trinajstić information content (AvgIpc) is 3.05. The lowest BCUT2D eigenvalue weighted by Crippen LogP contribution is -2.32. The Kier molecular flexibility index (Phi) is 6.77. The molecule has 0 bridgehead atoms. The second kappa shape index (κ2) is 10.5. The summed E-state index contributed by atoms with van der Waals surface area (Å²) in [6, 6.07) is 24.5. The number of carbonyl (C=O) groups is 1. The molecule has 4 nitrogen and oxygen atoms in total. The molecule has 1 aliphatic carbocycles. The minimum absolute atomic E-state index is 0.216. The van der Waals surface area contributed by atoms with Gasteiger partial charge in [-0.1, -0.05) is 65.7 Å². The van der Waals surface area contributed by atoms with Crippen molar-refractivity contribution < 1.29 is 4.79 Å². The van der Waals surface area contributed by atoms with Crippen LogP contribution in [0.25, 0.3) is 16.5 Å². The zero-order chi connectivity index (χ0) is 25.2. The van der Waals surface area contributed by atoms with E-state index in [0.29, 0.717) is 11.4 Å². The number of halogens is 1. The van der Waals surface area contributed by atoms with Crippen LogP contribution in [0.5, 0.6) is 0 Å². The standard InChI is InChI=1S/C32H30ClN3O/c33-24-10-11-28-29(12-16-35-30(28)21-24)34-15-5-17-36-18-13-22(14-19-36)32-25-7-2-1-6-23(25)20-31(37)26-8-3-4-9-27(26)32/h1-4,6-12,16,21H,5,13-15,17-20H2,(H,34,35). The van der Waals surface area contributed by atoms with Crippen molar-refractivity contribution in [2.24, 2.45) is 0 Å². The van der Waals surface area contributed by atoms with Crippen molar-refractivity contribution in [2.45, 2.75) is 25.7 Å². The molecule has 4 aromatic rings. The van der Waals surface area contributed by atoms with Crippen molar-refractivity contribution in [2.75, 3.05) is 31.5 Å². The minimum atomic E-state index is 0.216. The minimum Gasteiger partial charge on any atom is -0.384 e. The summed E-state index contributed by atoms with van der Waals surface area (Å²) >= 11 is 6.12. The normalized spacial score (nSPS) is 15.9. The van der Waals surface area contributed by atoms with Gasteiger partial charge in [-0.05, 0) is 72.3 Å². The first-order valence-corrected chi connectivity index (χ1v) is 13.5. The van der Waals surface area contributed by atoms with E-state index in [9.17, 15) is 4.79 Å². The first-order valence-electron chi connectivity index (χ1n) is 13.1. The number of nitrogens with zero attached hydrogens (tertiary/aromatic N) is 2. The van der Waals surface area contributed by atoms with Crippen molar-refractivity contribution in [3.63, 3.8) is 0 Å². The van der Waals surface area contributed by atoms with Gasteiger partial charge in [-0.15, -0.1) is 0 Å². The van der Waals surface area contributed by atoms with Gasteiger partial charge in [0.1, 0.15) is 0 Å². The quantitative estimate of drug-likeness (QED) is 0.295. The SMILES string of the molecule is O=C1Cc2ccccc2C(=C2CCN(CCCNc3ccnc4cc(Cl)ccc34)CC2)c2ccccc21. The van der Waals surface area contributed by atoms with Crippen LogP contribution in [0.2, 0.25) is 5.02 Å². The number of fused-ring (bicyclic) bond motifs is 3. The smallest absolute Gasteiger partial charge is 0.167 e. The van der Waals surface area contributed by atoms with Gasteiger partial charge >= 0.3 is 0 Å². The molecular weight excluding hydrogens is 478 g/mol. The average molecular weight is 508 g/mol. The molecule has 2 aliphatic rings. The molecule has 0 saturated carbocycles. The number of ketones is 1. The fraction of sp³-hybridized carbons (Fsp3) is 0.250. The van der Waals surface area contributed by atoms with Crippen LogP contribution in [0.4, 0.5) is 5.69 Å². The molecule has 1 fully saturated rings. The number of benzene rings is 3. The molecule has 5 heteroatoms. The summed E-state index contributed by atoms with van der Waals surface area (Å²) in [6.45, 7) is 4.08. The highest BCUT2D eigenvalue weighted by atomic mass is 35.5. The molecule has 1 saturated heterocycles. The molecule has 2 heterocycles. The Morgan fingerprint density at radius 3 is 2.49 bits per heavy atom. The zero-order valence-corrected chi connectivity index (χ0v) is 21.6. The van der Waals surface area contributed by atoms with Crippen molar-refractivity contribution >= 4 is 39.5 Å². The maximum atomic E-state index is 13.0. The Bertz CT molecular complexity index is 1500. The van der Waals surface area contributed by atoms with Crippen LogP contribution in [-0.2, 0) is 6.42 Å². The third kappa shape index (κ3) is 4.92. The molecule has 0 atom stereocenters. The number of hydrogen-bond acceptors (Lipinski definition) is 4. The summed E-state index contributed by atoms with van der Waals surface area (Å²) in [6.07, 6.45) is 5.45. The van der Waals surface area contributed by atoms with Crippen LogP contribution < -0.4 is 5.32 Å². The van der Waals surface area contributed by atoms with Crippen LogP contribution in [0.15, 0.2) is 84.6 Å². The Labute approximate surface area is 223 Å². The van der Waals surface area contributed by atoms with E-state index in [2.05, 4.69) is 45.5 Å². The van der Waals surface area contributed by atoms with Crippen molar-refractivity contribution in [3.05, 3.63) is 112 Å². The summed E-state index contributed by atoms with van der Waals surface area (Å²) in [4.78, 5) is 20.0. The van der Waals surface area contributed by atoms with Gasteiger partial charge in [-0.25, -0.2) is 0 Å². The van der Waals surface area contributed by atoms with Crippen LogP contribution in [0.3, 0.4) is 0 Å². The van der Waals surface area contributed by atoms with Crippen LogP contribution >= 0.6 is 11.6 Å². The Morgan fingerprint density at radius 1 is 0.892 bits per heavy atom. The molecule has 186 valence electrons. The summed E-state index contributed by atoms with van der Waals surface area (Å²) in [7, 11) is 0. The largest absolute Gasteiger partial charge is 0.384 e. The first kappa shape index (κ1) is 23.9. The van der Waals surface area contributed by atoms with E-state index in [0.717, 1.165) is 78.7 Å². The van der Waals surface area contributed by atoms with Crippen molar-refractivity contribution in [1.29, 1.82) is 0 Å². The van der Waals surface area contributed by atoms with E-state index in [-0.39, 0.29) is 5.78 Å². The van der Waals surface area contributed by atoms with Crippen molar-refractivity contribution in [1.82, 2.24) is 9.88 Å². The van der Waals surface area contributed by atoms with Gasteiger partial charge in [0.25, 0.3) is 0 Å². The van der Waals surface area contributed by atoms with E-state index in [1.165, 1.54) is 16.7 Å². The van der Waals surface area contributed by atoms with Gasteiger partial charge < -0.3 is 10.2 Å². The topological polar surface area (TPSA) is 45.2 Å². The molecule has 3 aromatic carbocycles. The van der Waals surface area contributed by atoms with E-state index in [4.69, 9.17) is 11.6 Å². The van der Waals surface area contributed by atoms with Gasteiger partial charge in [0, 0.05) is 53.9 Å². The maximum Gasteiger partial charge on any atom is 0.167 e. The molecule has 1 aromatic heterocycles. The van der Waals surface area contributed by atoms with Crippen LogP contribution in [0.1, 0.15) is 46.3 Å².